The van der Waals surface area contributed by atoms with Gasteiger partial charge in [-0.3, -0.25) is 29.2 Å². The van der Waals surface area contributed by atoms with Gasteiger partial charge in [0.25, 0.3) is 5.91 Å². The van der Waals surface area contributed by atoms with Crippen LogP contribution in [0.15, 0.2) is 36.5 Å². The maximum Gasteiger partial charge on any atom is 0.325 e. The second kappa shape index (κ2) is 11.8. The van der Waals surface area contributed by atoms with Crippen molar-refractivity contribution in [1.29, 1.82) is 0 Å². The molecule has 2 aliphatic rings. The number of rotatable bonds is 1. The van der Waals surface area contributed by atoms with Crippen LogP contribution in [0, 0.1) is 11.3 Å². The summed E-state index contributed by atoms with van der Waals surface area (Å²) in [5.74, 6) is -1.83. The molecule has 1 aromatic carbocycles. The maximum atomic E-state index is 13.3. The second-order valence-corrected chi connectivity index (χ2v) is 11.6. The van der Waals surface area contributed by atoms with Gasteiger partial charge in [-0.25, -0.2) is 5.43 Å². The number of nitrogens with one attached hydrogen (secondary N) is 3. The first-order chi connectivity index (χ1) is 18.9. The van der Waals surface area contributed by atoms with E-state index >= 15 is 0 Å². The Labute approximate surface area is 234 Å². The smallest absolute Gasteiger partial charge is 0.325 e. The molecule has 2 aliphatic heterocycles. The van der Waals surface area contributed by atoms with Gasteiger partial charge >= 0.3 is 5.97 Å². The third kappa shape index (κ3) is 6.50. The number of aromatic nitrogens is 1. The molecular weight excluding hydrogens is 510 g/mol. The third-order valence-electron chi connectivity index (χ3n) is 7.49. The van der Waals surface area contributed by atoms with Crippen molar-refractivity contribution in [3.63, 3.8) is 0 Å². The van der Waals surface area contributed by atoms with Gasteiger partial charge in [0.2, 0.25) is 11.8 Å². The number of pyridine rings is 1. The van der Waals surface area contributed by atoms with Crippen LogP contribution in [0.2, 0.25) is 0 Å². The molecule has 1 aromatic heterocycles. The molecule has 0 spiro atoms. The Balaban J connectivity index is 1.70. The molecule has 10 heteroatoms. The molecule has 214 valence electrons. The quantitative estimate of drug-likeness (QED) is 0.466. The maximum absolute atomic E-state index is 13.3. The van der Waals surface area contributed by atoms with Crippen LogP contribution >= 0.6 is 0 Å². The summed E-state index contributed by atoms with van der Waals surface area (Å²) in [7, 11) is 0. The van der Waals surface area contributed by atoms with Gasteiger partial charge < -0.3 is 15.4 Å². The lowest BCUT2D eigenvalue weighted by Gasteiger charge is -2.35. The number of benzene rings is 1. The van der Waals surface area contributed by atoms with E-state index in [0.29, 0.717) is 25.1 Å². The van der Waals surface area contributed by atoms with E-state index in [2.05, 4.69) is 21.0 Å². The number of hydrogen-bond acceptors (Lipinski definition) is 7. The molecule has 0 radical (unpaired) electrons. The van der Waals surface area contributed by atoms with Crippen LogP contribution in [-0.4, -0.2) is 58.4 Å². The SMILES string of the molecule is CC(C)[C@@H]1NC(=O)C(C)(C)/C=C/c2cc3cc(ccc3cn2)[C@@H](C)OC(=O)[C@@H]2CCCN(N2)C(=O)[C@H](C)NC1=O. The highest BCUT2D eigenvalue weighted by Gasteiger charge is 2.35. The van der Waals surface area contributed by atoms with Crippen LogP contribution in [0.25, 0.3) is 16.8 Å². The van der Waals surface area contributed by atoms with Crippen LogP contribution < -0.4 is 16.1 Å². The van der Waals surface area contributed by atoms with E-state index < -0.39 is 41.5 Å². The molecule has 3 N–H and O–H groups in total. The number of esters is 1. The zero-order valence-electron chi connectivity index (χ0n) is 24.0. The molecule has 3 amide bonds. The summed E-state index contributed by atoms with van der Waals surface area (Å²) in [5, 5.41) is 8.82. The largest absolute Gasteiger partial charge is 0.457 e. The fourth-order valence-corrected chi connectivity index (χ4v) is 4.79. The van der Waals surface area contributed by atoms with Crippen LogP contribution in [0.4, 0.5) is 0 Å². The van der Waals surface area contributed by atoms with Gasteiger partial charge in [-0.05, 0) is 75.6 Å². The highest BCUT2D eigenvalue weighted by atomic mass is 16.5. The average molecular weight is 550 g/mol. The van der Waals surface area contributed by atoms with Gasteiger partial charge in [-0.2, -0.15) is 0 Å². The molecule has 4 rings (SSSR count). The van der Waals surface area contributed by atoms with Crippen molar-refractivity contribution in [3.8, 4) is 0 Å². The number of hydrazine groups is 1. The molecule has 0 saturated carbocycles. The molecule has 40 heavy (non-hydrogen) atoms. The number of carbonyl (C=O) groups excluding carboxylic acids is 4. The topological polar surface area (TPSA) is 130 Å². The zero-order chi connectivity index (χ0) is 29.2. The fraction of sp³-hybridized carbons (Fsp3) is 0.500. The Bertz CT molecular complexity index is 1340. The van der Waals surface area contributed by atoms with Crippen LogP contribution in [-0.2, 0) is 23.9 Å². The van der Waals surface area contributed by atoms with Gasteiger partial charge in [-0.1, -0.05) is 32.1 Å². The van der Waals surface area contributed by atoms with E-state index in [1.807, 2.05) is 45.0 Å². The van der Waals surface area contributed by atoms with E-state index in [1.54, 1.807) is 39.1 Å². The first-order valence-electron chi connectivity index (χ1n) is 13.8. The average Bonchev–Trinajstić information content (AvgIpc) is 2.92. The van der Waals surface area contributed by atoms with E-state index in [9.17, 15) is 19.2 Å². The molecule has 3 heterocycles. The van der Waals surface area contributed by atoms with Gasteiger partial charge in [0.15, 0.2) is 0 Å². The fourth-order valence-electron chi connectivity index (χ4n) is 4.79. The summed E-state index contributed by atoms with van der Waals surface area (Å²) < 4.78 is 5.79. The molecular formula is C30H39N5O5. The lowest BCUT2D eigenvalue weighted by Crippen LogP contribution is -2.61. The molecule has 2 aromatic rings. The summed E-state index contributed by atoms with van der Waals surface area (Å²) in [5.41, 5.74) is 3.53. The van der Waals surface area contributed by atoms with Gasteiger partial charge in [0.05, 0.1) is 11.1 Å². The summed E-state index contributed by atoms with van der Waals surface area (Å²) in [6.45, 7) is 11.0. The molecule has 5 bridgehead atoms. The Hall–Kier alpha value is -3.79. The molecule has 1 fully saturated rings. The Morgan fingerprint density at radius 2 is 1.80 bits per heavy atom. The monoisotopic (exact) mass is 549 g/mol. The highest BCUT2D eigenvalue weighted by Crippen LogP contribution is 2.26. The summed E-state index contributed by atoms with van der Waals surface area (Å²) in [6.07, 6.45) is 5.91. The summed E-state index contributed by atoms with van der Waals surface area (Å²) in [4.78, 5) is 57.2. The first kappa shape index (κ1) is 29.2. The van der Waals surface area contributed by atoms with Crippen molar-refractivity contribution in [1.82, 2.24) is 26.1 Å². The number of fused-ring (bicyclic) bond motifs is 4. The number of amides is 3. The van der Waals surface area contributed by atoms with Crippen molar-refractivity contribution in [3.05, 3.63) is 47.8 Å². The number of nitrogens with zero attached hydrogens (tertiary/aromatic N) is 2. The van der Waals surface area contributed by atoms with Gasteiger partial charge in [0, 0.05) is 18.1 Å². The van der Waals surface area contributed by atoms with E-state index in [4.69, 9.17) is 4.74 Å². The number of ether oxygens (including phenoxy) is 1. The molecule has 4 atom stereocenters. The summed E-state index contributed by atoms with van der Waals surface area (Å²) >= 11 is 0. The van der Waals surface area contributed by atoms with Gasteiger partial charge in [-0.15, -0.1) is 0 Å². The minimum absolute atomic E-state index is 0.224. The summed E-state index contributed by atoms with van der Waals surface area (Å²) in [6, 6.07) is 5.29. The Morgan fingerprint density at radius 1 is 1.05 bits per heavy atom. The van der Waals surface area contributed by atoms with E-state index in [1.165, 1.54) is 5.01 Å². The van der Waals surface area contributed by atoms with Crippen LogP contribution in [0.5, 0.6) is 0 Å². The Kier molecular flexibility index (Phi) is 8.58. The van der Waals surface area contributed by atoms with Crippen molar-refractivity contribution in [2.24, 2.45) is 11.3 Å². The predicted molar refractivity (Wildman–Crippen MR) is 151 cm³/mol. The van der Waals surface area contributed by atoms with Crippen molar-refractivity contribution in [2.75, 3.05) is 6.54 Å². The Morgan fingerprint density at radius 3 is 2.52 bits per heavy atom. The highest BCUT2D eigenvalue weighted by molar-refractivity contribution is 5.94. The minimum Gasteiger partial charge on any atom is -0.457 e. The number of cyclic esters (lactones) is 1. The van der Waals surface area contributed by atoms with Crippen LogP contribution in [0.3, 0.4) is 0 Å². The molecule has 0 aliphatic carbocycles. The van der Waals surface area contributed by atoms with E-state index in [-0.39, 0.29) is 17.7 Å². The molecule has 10 nitrogen and oxygen atoms in total. The minimum atomic E-state index is -0.943. The van der Waals surface area contributed by atoms with Crippen molar-refractivity contribution >= 4 is 40.5 Å². The lowest BCUT2D eigenvalue weighted by molar-refractivity contribution is -0.157. The molecule has 0 unspecified atom stereocenters. The normalized spacial score (nSPS) is 27.2. The van der Waals surface area contributed by atoms with Crippen molar-refractivity contribution < 1.29 is 23.9 Å². The van der Waals surface area contributed by atoms with Crippen molar-refractivity contribution in [2.45, 2.75) is 78.6 Å². The molecule has 1 saturated heterocycles. The first-order valence-corrected chi connectivity index (χ1v) is 13.8. The third-order valence-corrected chi connectivity index (χ3v) is 7.49. The standard InChI is InChI=1S/C30H39N5O5/c1-17(2)25-26(36)32-18(3)27(37)35-13-7-8-24(34-35)28(38)40-19(4)20-9-10-21-16-31-23(15-22(21)14-20)11-12-30(5,6)29(39)33-25/h9-12,14-19,24-25,34H,7-8,13H2,1-6H3,(H,32,36)(H,33,39)/b12-11+/t18-,19+,24-,25-/m0/s1. The lowest BCUT2D eigenvalue weighted by atomic mass is 9.90. The second-order valence-electron chi connectivity index (χ2n) is 11.6. The van der Waals surface area contributed by atoms with Crippen LogP contribution in [0.1, 0.15) is 71.7 Å². The van der Waals surface area contributed by atoms with Gasteiger partial charge in [0.1, 0.15) is 24.2 Å². The van der Waals surface area contributed by atoms with E-state index in [0.717, 1.165) is 16.3 Å². The number of hydrogen-bond donors (Lipinski definition) is 3. The zero-order valence-corrected chi connectivity index (χ0v) is 24.0. The number of carbonyl (C=O) groups is 4. The predicted octanol–water partition coefficient (Wildman–Crippen LogP) is 3.03.